The first-order chi connectivity index (χ1) is 14.1. The first-order valence-corrected chi connectivity index (χ1v) is 9.80. The van der Waals surface area contributed by atoms with Gasteiger partial charge >= 0.3 is 0 Å². The molecule has 154 valence electrons. The number of nitrogens with zero attached hydrogens (tertiary/aromatic N) is 4. The third kappa shape index (κ3) is 4.76. The van der Waals surface area contributed by atoms with Gasteiger partial charge in [-0.05, 0) is 48.4 Å². The second-order valence-corrected chi connectivity index (χ2v) is 7.46. The Balaban J connectivity index is 0.00000256. The minimum Gasteiger partial charge on any atom is -0.354 e. The summed E-state index contributed by atoms with van der Waals surface area (Å²) >= 11 is 6.05. The predicted molar refractivity (Wildman–Crippen MR) is 119 cm³/mol. The maximum absolute atomic E-state index is 12.4. The third-order valence-electron chi connectivity index (χ3n) is 5.12. The Labute approximate surface area is 186 Å². The highest BCUT2D eigenvalue weighted by molar-refractivity contribution is 6.30. The van der Waals surface area contributed by atoms with Crippen molar-refractivity contribution in [1.82, 2.24) is 14.9 Å². The molecule has 1 amide bonds. The van der Waals surface area contributed by atoms with Gasteiger partial charge in [-0.15, -0.1) is 12.4 Å². The summed E-state index contributed by atoms with van der Waals surface area (Å²) in [6, 6.07) is 17.0. The number of anilines is 1. The lowest BCUT2D eigenvalue weighted by molar-refractivity contribution is -0.120. The molecule has 30 heavy (non-hydrogen) atoms. The normalized spacial score (nSPS) is 15.2. The van der Waals surface area contributed by atoms with Crippen molar-refractivity contribution in [3.8, 4) is 6.07 Å². The molecule has 0 radical (unpaired) electrons. The van der Waals surface area contributed by atoms with Gasteiger partial charge in [0.15, 0.2) is 0 Å². The average Bonchev–Trinajstić information content (AvgIpc) is 3.36. The van der Waals surface area contributed by atoms with E-state index in [1.807, 2.05) is 54.7 Å². The van der Waals surface area contributed by atoms with Crippen LogP contribution in [0.3, 0.4) is 0 Å². The van der Waals surface area contributed by atoms with Gasteiger partial charge in [-0.3, -0.25) is 4.79 Å². The van der Waals surface area contributed by atoms with Gasteiger partial charge in [0.05, 0.1) is 30.2 Å². The molecule has 1 aliphatic heterocycles. The number of aromatic nitrogens is 2. The Morgan fingerprint density at radius 1 is 1.20 bits per heavy atom. The van der Waals surface area contributed by atoms with E-state index in [4.69, 9.17) is 16.9 Å². The van der Waals surface area contributed by atoms with Crippen LogP contribution in [0.2, 0.25) is 5.02 Å². The molecular weight excluding hydrogens is 421 g/mol. The molecule has 4 rings (SSSR count). The number of halogens is 2. The number of nitriles is 1. The van der Waals surface area contributed by atoms with Crippen molar-refractivity contribution in [2.75, 3.05) is 11.4 Å². The maximum atomic E-state index is 12.4. The molecule has 1 aliphatic rings. The zero-order valence-electron chi connectivity index (χ0n) is 16.2. The van der Waals surface area contributed by atoms with Gasteiger partial charge in [0.25, 0.3) is 0 Å². The zero-order chi connectivity index (χ0) is 20.2. The lowest BCUT2D eigenvalue weighted by atomic mass is 10.1. The molecular formula is C22H21Cl2N5O. The Morgan fingerprint density at radius 2 is 1.93 bits per heavy atom. The average molecular weight is 442 g/mol. The first kappa shape index (κ1) is 21.7. The van der Waals surface area contributed by atoms with E-state index in [-0.39, 0.29) is 24.4 Å². The summed E-state index contributed by atoms with van der Waals surface area (Å²) in [6.07, 6.45) is 4.38. The summed E-state index contributed by atoms with van der Waals surface area (Å²) in [5.74, 6) is 0.0399. The van der Waals surface area contributed by atoms with E-state index in [0.29, 0.717) is 30.2 Å². The summed E-state index contributed by atoms with van der Waals surface area (Å²) in [5.41, 5.74) is 3.67. The maximum Gasteiger partial charge on any atom is 0.242 e. The minimum absolute atomic E-state index is 0. The van der Waals surface area contributed by atoms with Gasteiger partial charge < -0.3 is 14.8 Å². The molecule has 0 aliphatic carbocycles. The monoisotopic (exact) mass is 441 g/mol. The Morgan fingerprint density at radius 3 is 2.57 bits per heavy atom. The fraction of sp³-hybridized carbons (Fsp3) is 0.227. The van der Waals surface area contributed by atoms with Crippen molar-refractivity contribution in [3.63, 3.8) is 0 Å². The van der Waals surface area contributed by atoms with Crippen molar-refractivity contribution in [3.05, 3.63) is 82.9 Å². The van der Waals surface area contributed by atoms with Gasteiger partial charge in [0.1, 0.15) is 6.04 Å². The van der Waals surface area contributed by atoms with Gasteiger partial charge in [0.2, 0.25) is 5.91 Å². The van der Waals surface area contributed by atoms with Crippen molar-refractivity contribution in [1.29, 1.82) is 5.26 Å². The molecule has 1 saturated heterocycles. The quantitative estimate of drug-likeness (QED) is 0.631. The molecule has 8 heteroatoms. The van der Waals surface area contributed by atoms with E-state index >= 15 is 0 Å². The van der Waals surface area contributed by atoms with Crippen LogP contribution in [-0.2, 0) is 17.9 Å². The van der Waals surface area contributed by atoms with Crippen LogP contribution < -0.4 is 10.2 Å². The highest BCUT2D eigenvalue weighted by Crippen LogP contribution is 2.25. The number of hydrogen-bond acceptors (Lipinski definition) is 4. The van der Waals surface area contributed by atoms with Crippen molar-refractivity contribution in [2.45, 2.75) is 25.6 Å². The molecule has 1 fully saturated rings. The van der Waals surface area contributed by atoms with Crippen LogP contribution in [0.15, 0.2) is 61.1 Å². The number of carbonyl (C=O) groups is 1. The molecule has 2 heterocycles. The lowest BCUT2D eigenvalue weighted by Gasteiger charge is -2.29. The number of hydrogen-bond donors (Lipinski definition) is 1. The second-order valence-electron chi connectivity index (χ2n) is 7.02. The van der Waals surface area contributed by atoms with Gasteiger partial charge in [-0.2, -0.15) is 5.26 Å². The molecule has 1 atom stereocenters. The molecule has 0 saturated carbocycles. The number of amides is 1. The SMILES string of the molecule is Cl.N#Cc1ccc(Cn2cncc2CN(c2ccc(Cl)cc2)C2CCNC2=O)cc1. The first-order valence-electron chi connectivity index (χ1n) is 9.42. The number of nitrogens with one attached hydrogen (secondary N) is 1. The Kier molecular flexibility index (Phi) is 6.99. The molecule has 0 spiro atoms. The van der Waals surface area contributed by atoms with Gasteiger partial charge in [0, 0.05) is 30.0 Å². The highest BCUT2D eigenvalue weighted by Gasteiger charge is 2.31. The van der Waals surface area contributed by atoms with Crippen LogP contribution in [0, 0.1) is 11.3 Å². The van der Waals surface area contributed by atoms with Gasteiger partial charge in [-0.25, -0.2) is 4.98 Å². The standard InChI is InChI=1S/C22H20ClN5O.ClH/c23-18-5-7-19(8-6-18)28(21-9-10-26-22(21)29)14-20-12-25-15-27(20)13-17-3-1-16(11-24)2-4-17;/h1-8,12,15,21H,9-10,13-14H2,(H,26,29);1H. The van der Waals surface area contributed by atoms with E-state index in [1.54, 1.807) is 6.33 Å². The number of imidazole rings is 1. The van der Waals surface area contributed by atoms with Crippen LogP contribution in [0.4, 0.5) is 5.69 Å². The van der Waals surface area contributed by atoms with E-state index in [0.717, 1.165) is 23.4 Å². The summed E-state index contributed by atoms with van der Waals surface area (Å²) in [5, 5.41) is 12.6. The van der Waals surface area contributed by atoms with Crippen LogP contribution in [-0.4, -0.2) is 28.0 Å². The predicted octanol–water partition coefficient (Wildman–Crippen LogP) is 3.77. The van der Waals surface area contributed by atoms with E-state index < -0.39 is 0 Å². The van der Waals surface area contributed by atoms with E-state index in [1.165, 1.54) is 0 Å². The molecule has 3 aromatic rings. The highest BCUT2D eigenvalue weighted by atomic mass is 35.5. The smallest absolute Gasteiger partial charge is 0.242 e. The molecule has 1 unspecified atom stereocenters. The summed E-state index contributed by atoms with van der Waals surface area (Å²) < 4.78 is 2.07. The van der Waals surface area contributed by atoms with E-state index in [9.17, 15) is 4.79 Å². The summed E-state index contributed by atoms with van der Waals surface area (Å²) in [7, 11) is 0. The van der Waals surface area contributed by atoms with E-state index in [2.05, 4.69) is 25.8 Å². The Hall–Kier alpha value is -3.01. The summed E-state index contributed by atoms with van der Waals surface area (Å²) in [6.45, 7) is 1.88. The molecule has 6 nitrogen and oxygen atoms in total. The van der Waals surface area contributed by atoms with Crippen LogP contribution in [0.5, 0.6) is 0 Å². The van der Waals surface area contributed by atoms with Crippen LogP contribution in [0.1, 0.15) is 23.2 Å². The lowest BCUT2D eigenvalue weighted by Crippen LogP contribution is -2.40. The number of rotatable bonds is 6. The number of benzene rings is 2. The van der Waals surface area contributed by atoms with Crippen LogP contribution >= 0.6 is 24.0 Å². The van der Waals surface area contributed by atoms with Crippen molar-refractivity contribution < 1.29 is 4.79 Å². The summed E-state index contributed by atoms with van der Waals surface area (Å²) in [4.78, 5) is 18.8. The van der Waals surface area contributed by atoms with Crippen molar-refractivity contribution in [2.24, 2.45) is 0 Å². The zero-order valence-corrected chi connectivity index (χ0v) is 17.7. The number of carbonyl (C=O) groups excluding carboxylic acids is 1. The topological polar surface area (TPSA) is 74.0 Å². The molecule has 2 aromatic carbocycles. The van der Waals surface area contributed by atoms with Crippen molar-refractivity contribution >= 4 is 35.6 Å². The third-order valence-corrected chi connectivity index (χ3v) is 5.37. The largest absolute Gasteiger partial charge is 0.354 e. The Bertz CT molecular complexity index is 1040. The van der Waals surface area contributed by atoms with Crippen LogP contribution in [0.25, 0.3) is 0 Å². The molecule has 1 N–H and O–H groups in total. The second kappa shape index (κ2) is 9.66. The minimum atomic E-state index is -0.227. The fourth-order valence-corrected chi connectivity index (χ4v) is 3.70. The molecule has 0 bridgehead atoms. The molecule has 1 aromatic heterocycles. The van der Waals surface area contributed by atoms with Gasteiger partial charge in [-0.1, -0.05) is 23.7 Å². The fourth-order valence-electron chi connectivity index (χ4n) is 3.57.